The van der Waals surface area contributed by atoms with Gasteiger partial charge in [-0.15, -0.1) is 10.2 Å². The molecule has 1 unspecified atom stereocenters. The van der Waals surface area contributed by atoms with E-state index in [1.54, 1.807) is 7.11 Å². The van der Waals surface area contributed by atoms with Crippen molar-refractivity contribution in [1.82, 2.24) is 25.0 Å². The van der Waals surface area contributed by atoms with E-state index >= 15 is 0 Å². The fraction of sp³-hybridized carbons (Fsp3) is 0.476. The topological polar surface area (TPSA) is 85.4 Å². The van der Waals surface area contributed by atoms with Gasteiger partial charge in [0.25, 0.3) is 0 Å². The second-order valence-corrected chi connectivity index (χ2v) is 7.43. The third-order valence-electron chi connectivity index (χ3n) is 5.30. The summed E-state index contributed by atoms with van der Waals surface area (Å²) in [7, 11) is 1.59. The monoisotopic (exact) mass is 397 g/mol. The van der Waals surface area contributed by atoms with E-state index in [1.807, 2.05) is 25.1 Å². The van der Waals surface area contributed by atoms with Gasteiger partial charge < -0.3 is 19.0 Å². The van der Waals surface area contributed by atoms with Crippen LogP contribution >= 0.6 is 0 Å². The number of hydrogen-bond donors (Lipinski definition) is 1. The van der Waals surface area contributed by atoms with Gasteiger partial charge in [0.1, 0.15) is 17.2 Å². The zero-order valence-corrected chi connectivity index (χ0v) is 16.9. The van der Waals surface area contributed by atoms with Gasteiger partial charge >= 0.3 is 0 Å². The molecule has 8 heteroatoms. The van der Waals surface area contributed by atoms with Gasteiger partial charge in [-0.1, -0.05) is 18.2 Å². The van der Waals surface area contributed by atoms with Crippen LogP contribution in [0.5, 0.6) is 0 Å². The number of benzene rings is 1. The van der Waals surface area contributed by atoms with Crippen LogP contribution in [-0.4, -0.2) is 52.4 Å². The van der Waals surface area contributed by atoms with Crippen LogP contribution in [0.2, 0.25) is 0 Å². The zero-order chi connectivity index (χ0) is 20.2. The van der Waals surface area contributed by atoms with Crippen molar-refractivity contribution >= 4 is 16.9 Å². The van der Waals surface area contributed by atoms with Gasteiger partial charge in [-0.2, -0.15) is 0 Å². The van der Waals surface area contributed by atoms with E-state index < -0.39 is 0 Å². The molecule has 1 aliphatic rings. The normalized spacial score (nSPS) is 15.8. The molecule has 8 nitrogen and oxygen atoms in total. The number of para-hydroxylation sites is 1. The van der Waals surface area contributed by atoms with Crippen LogP contribution in [0.25, 0.3) is 11.0 Å². The molecule has 0 fully saturated rings. The number of methoxy groups -OCH3 is 1. The van der Waals surface area contributed by atoms with Gasteiger partial charge in [0.05, 0.1) is 19.2 Å². The molecule has 2 aromatic heterocycles. The number of nitrogens with one attached hydrogen (secondary N) is 1. The van der Waals surface area contributed by atoms with Crippen molar-refractivity contribution in [3.8, 4) is 0 Å². The van der Waals surface area contributed by atoms with Crippen molar-refractivity contribution in [2.45, 2.75) is 38.9 Å². The van der Waals surface area contributed by atoms with Gasteiger partial charge in [0, 0.05) is 45.0 Å². The van der Waals surface area contributed by atoms with Crippen LogP contribution in [0.1, 0.15) is 36.8 Å². The molecule has 3 heterocycles. The number of amides is 1. The average Bonchev–Trinajstić information content (AvgIpc) is 3.26. The molecule has 0 bridgehead atoms. The second-order valence-electron chi connectivity index (χ2n) is 7.43. The molecule has 1 aromatic carbocycles. The Labute approximate surface area is 169 Å². The van der Waals surface area contributed by atoms with Crippen molar-refractivity contribution in [2.75, 3.05) is 26.8 Å². The van der Waals surface area contributed by atoms with E-state index in [-0.39, 0.29) is 11.9 Å². The Kier molecular flexibility index (Phi) is 5.92. The summed E-state index contributed by atoms with van der Waals surface area (Å²) in [5, 5.41) is 12.8. The van der Waals surface area contributed by atoms with Gasteiger partial charge in [-0.25, -0.2) is 0 Å². The minimum absolute atomic E-state index is 0.0446. The molecule has 0 spiro atoms. The third kappa shape index (κ3) is 4.49. The van der Waals surface area contributed by atoms with Crippen molar-refractivity contribution in [2.24, 2.45) is 0 Å². The third-order valence-corrected chi connectivity index (χ3v) is 5.30. The second kappa shape index (κ2) is 8.75. The highest BCUT2D eigenvalue weighted by molar-refractivity contribution is 5.77. The van der Waals surface area contributed by atoms with E-state index in [4.69, 9.17) is 9.15 Å². The molecule has 0 saturated carbocycles. The smallest absolute Gasteiger partial charge is 0.222 e. The van der Waals surface area contributed by atoms with Crippen LogP contribution in [0.15, 0.2) is 34.7 Å². The SMILES string of the molecule is COCCC(=O)NC(C)c1nnc2n1CCN(Cc1cc3ccccc3o1)CC2. The number of fused-ring (bicyclic) bond motifs is 2. The van der Waals surface area contributed by atoms with E-state index in [9.17, 15) is 4.79 Å². The van der Waals surface area contributed by atoms with Crippen LogP contribution in [0.4, 0.5) is 0 Å². The standard InChI is InChI=1S/C21H27N5O3/c1-15(22-20(27)8-12-28-2)21-24-23-19-7-9-25(10-11-26(19)21)14-17-13-16-5-3-4-6-18(16)29-17/h3-6,13,15H,7-12,14H2,1-2H3,(H,22,27). The summed E-state index contributed by atoms with van der Waals surface area (Å²) in [6.07, 6.45) is 1.16. The van der Waals surface area contributed by atoms with E-state index in [0.29, 0.717) is 13.0 Å². The molecule has 1 N–H and O–H groups in total. The Balaban J connectivity index is 1.39. The Morgan fingerprint density at radius 1 is 1.28 bits per heavy atom. The van der Waals surface area contributed by atoms with Crippen LogP contribution in [0, 0.1) is 0 Å². The number of nitrogens with zero attached hydrogens (tertiary/aromatic N) is 4. The zero-order valence-electron chi connectivity index (χ0n) is 16.9. The minimum Gasteiger partial charge on any atom is -0.460 e. The summed E-state index contributed by atoms with van der Waals surface area (Å²) in [4.78, 5) is 14.4. The van der Waals surface area contributed by atoms with Crippen LogP contribution in [-0.2, 0) is 29.0 Å². The maximum atomic E-state index is 12.0. The van der Waals surface area contributed by atoms with E-state index in [1.165, 1.54) is 0 Å². The first-order valence-corrected chi connectivity index (χ1v) is 10.0. The fourth-order valence-electron chi connectivity index (χ4n) is 3.78. The van der Waals surface area contributed by atoms with Gasteiger partial charge in [-0.3, -0.25) is 9.69 Å². The molecule has 1 amide bonds. The lowest BCUT2D eigenvalue weighted by Crippen LogP contribution is -2.30. The van der Waals surface area contributed by atoms with Crippen molar-refractivity contribution in [3.63, 3.8) is 0 Å². The molecule has 1 aliphatic heterocycles. The summed E-state index contributed by atoms with van der Waals surface area (Å²) < 4.78 is 13.1. The summed E-state index contributed by atoms with van der Waals surface area (Å²) in [5.41, 5.74) is 0.926. The van der Waals surface area contributed by atoms with E-state index in [2.05, 4.69) is 37.1 Å². The molecule has 1 atom stereocenters. The van der Waals surface area contributed by atoms with E-state index in [0.717, 1.165) is 61.0 Å². The predicted molar refractivity (Wildman–Crippen MR) is 108 cm³/mol. The van der Waals surface area contributed by atoms with Crippen LogP contribution in [0.3, 0.4) is 0 Å². The lowest BCUT2D eigenvalue weighted by atomic mass is 10.2. The Hall–Kier alpha value is -2.71. The van der Waals surface area contributed by atoms with Crippen molar-refractivity contribution in [3.05, 3.63) is 47.7 Å². The lowest BCUT2D eigenvalue weighted by Gasteiger charge is -2.19. The van der Waals surface area contributed by atoms with Gasteiger partial charge in [0.15, 0.2) is 5.82 Å². The Morgan fingerprint density at radius 3 is 2.97 bits per heavy atom. The summed E-state index contributed by atoms with van der Waals surface area (Å²) in [6.45, 7) is 5.68. The maximum absolute atomic E-state index is 12.0. The van der Waals surface area contributed by atoms with Crippen LogP contribution < -0.4 is 5.32 Å². The highest BCUT2D eigenvalue weighted by Crippen LogP contribution is 2.21. The summed E-state index contributed by atoms with van der Waals surface area (Å²) >= 11 is 0. The fourth-order valence-corrected chi connectivity index (χ4v) is 3.78. The molecule has 29 heavy (non-hydrogen) atoms. The summed E-state index contributed by atoms with van der Waals surface area (Å²) in [5.74, 6) is 2.70. The maximum Gasteiger partial charge on any atom is 0.222 e. The molecular weight excluding hydrogens is 370 g/mol. The number of carbonyl (C=O) groups excluding carboxylic acids is 1. The molecular formula is C21H27N5O3. The first-order valence-electron chi connectivity index (χ1n) is 10.0. The number of ether oxygens (including phenoxy) is 1. The number of rotatable bonds is 7. The highest BCUT2D eigenvalue weighted by Gasteiger charge is 2.23. The van der Waals surface area contributed by atoms with Crippen molar-refractivity contribution in [1.29, 1.82) is 0 Å². The molecule has 0 radical (unpaired) electrons. The number of aromatic nitrogens is 3. The Bertz CT molecular complexity index is 947. The average molecular weight is 397 g/mol. The molecule has 0 aliphatic carbocycles. The Morgan fingerprint density at radius 2 is 2.14 bits per heavy atom. The molecule has 4 rings (SSSR count). The molecule has 0 saturated heterocycles. The number of carbonyl (C=O) groups is 1. The minimum atomic E-state index is -0.192. The molecule has 3 aromatic rings. The predicted octanol–water partition coefficient (Wildman–Crippen LogP) is 2.30. The number of hydrogen-bond acceptors (Lipinski definition) is 6. The first-order chi connectivity index (χ1) is 14.1. The van der Waals surface area contributed by atoms with Gasteiger partial charge in [0.2, 0.25) is 5.91 Å². The molecule has 154 valence electrons. The lowest BCUT2D eigenvalue weighted by molar-refractivity contribution is -0.122. The van der Waals surface area contributed by atoms with Crippen molar-refractivity contribution < 1.29 is 13.9 Å². The summed E-state index contributed by atoms with van der Waals surface area (Å²) in [6, 6.07) is 10.0. The first kappa shape index (κ1) is 19.6. The largest absolute Gasteiger partial charge is 0.460 e. The number of furan rings is 1. The highest BCUT2D eigenvalue weighted by atomic mass is 16.5. The quantitative estimate of drug-likeness (QED) is 0.658. The van der Waals surface area contributed by atoms with Gasteiger partial charge in [-0.05, 0) is 19.1 Å².